The standard InChI is InChI=1S/C24H27F2N3O2/c25-18-8-4-16(5-9-18)20-15-22(20)27-12-1-3-21(24(31)29-13-2-14-29)28-23(30)17-6-10-19(26)11-7-17/h4-11,20-22,27H,1-3,12-15H2,(H,28,30)/t20-,21-,22?/m0/s1. The lowest BCUT2D eigenvalue weighted by Crippen LogP contribution is -2.53. The summed E-state index contributed by atoms with van der Waals surface area (Å²) in [5, 5.41) is 6.32. The quantitative estimate of drug-likeness (QED) is 0.604. The number of benzene rings is 2. The van der Waals surface area contributed by atoms with Crippen molar-refractivity contribution in [1.82, 2.24) is 15.5 Å². The highest BCUT2D eigenvalue weighted by molar-refractivity contribution is 5.97. The maximum Gasteiger partial charge on any atom is 0.251 e. The lowest BCUT2D eigenvalue weighted by Gasteiger charge is -2.34. The molecule has 2 aromatic rings. The first-order chi connectivity index (χ1) is 15.0. The van der Waals surface area contributed by atoms with E-state index in [1.807, 2.05) is 12.1 Å². The van der Waals surface area contributed by atoms with Gasteiger partial charge in [-0.15, -0.1) is 0 Å². The van der Waals surface area contributed by atoms with Crippen molar-refractivity contribution in [3.05, 3.63) is 71.3 Å². The lowest BCUT2D eigenvalue weighted by atomic mass is 10.1. The molecule has 1 aliphatic heterocycles. The highest BCUT2D eigenvalue weighted by Gasteiger charge is 2.37. The summed E-state index contributed by atoms with van der Waals surface area (Å²) in [7, 11) is 0. The smallest absolute Gasteiger partial charge is 0.251 e. The summed E-state index contributed by atoms with van der Waals surface area (Å²) in [5.74, 6) is -0.663. The molecule has 31 heavy (non-hydrogen) atoms. The molecule has 3 atom stereocenters. The van der Waals surface area contributed by atoms with Crippen LogP contribution in [-0.2, 0) is 4.79 Å². The largest absolute Gasteiger partial charge is 0.341 e. The van der Waals surface area contributed by atoms with E-state index in [0.717, 1.165) is 44.5 Å². The molecule has 1 heterocycles. The van der Waals surface area contributed by atoms with Crippen molar-refractivity contribution < 1.29 is 18.4 Å². The minimum absolute atomic E-state index is 0.0580. The van der Waals surface area contributed by atoms with Gasteiger partial charge in [-0.3, -0.25) is 9.59 Å². The van der Waals surface area contributed by atoms with Crippen LogP contribution in [0, 0.1) is 11.6 Å². The molecule has 0 bridgehead atoms. The van der Waals surface area contributed by atoms with Crippen LogP contribution in [0.5, 0.6) is 0 Å². The van der Waals surface area contributed by atoms with Gasteiger partial charge in [-0.25, -0.2) is 8.78 Å². The predicted molar refractivity (Wildman–Crippen MR) is 114 cm³/mol. The maximum atomic E-state index is 13.1. The molecular weight excluding hydrogens is 400 g/mol. The molecule has 0 aromatic heterocycles. The Morgan fingerprint density at radius 1 is 1.00 bits per heavy atom. The predicted octanol–water partition coefficient (Wildman–Crippen LogP) is 3.22. The Labute approximate surface area is 180 Å². The van der Waals surface area contributed by atoms with Gasteiger partial charge >= 0.3 is 0 Å². The van der Waals surface area contributed by atoms with Gasteiger partial charge in [0.15, 0.2) is 0 Å². The van der Waals surface area contributed by atoms with E-state index >= 15 is 0 Å². The van der Waals surface area contributed by atoms with Crippen molar-refractivity contribution in [3.8, 4) is 0 Å². The molecule has 2 aliphatic rings. The van der Waals surface area contributed by atoms with Crippen LogP contribution >= 0.6 is 0 Å². The van der Waals surface area contributed by atoms with Crippen molar-refractivity contribution >= 4 is 11.8 Å². The maximum absolute atomic E-state index is 13.1. The van der Waals surface area contributed by atoms with E-state index in [1.165, 1.54) is 36.4 Å². The number of carbonyl (C=O) groups is 2. The Morgan fingerprint density at radius 3 is 2.26 bits per heavy atom. The summed E-state index contributed by atoms with van der Waals surface area (Å²) < 4.78 is 26.2. The van der Waals surface area contributed by atoms with Gasteiger partial charge in [0.2, 0.25) is 5.91 Å². The Balaban J connectivity index is 1.26. The van der Waals surface area contributed by atoms with Gasteiger partial charge in [-0.05, 0) is 74.2 Å². The Morgan fingerprint density at radius 2 is 1.65 bits per heavy atom. The van der Waals surface area contributed by atoms with Crippen LogP contribution in [0.3, 0.4) is 0 Å². The van der Waals surface area contributed by atoms with Crippen molar-refractivity contribution in [2.75, 3.05) is 19.6 Å². The third-order valence-electron chi connectivity index (χ3n) is 6.04. The van der Waals surface area contributed by atoms with E-state index in [1.54, 1.807) is 4.90 Å². The lowest BCUT2D eigenvalue weighted by molar-refractivity contribution is -0.136. The molecule has 7 heteroatoms. The number of rotatable bonds is 9. The first-order valence-corrected chi connectivity index (χ1v) is 10.9. The van der Waals surface area contributed by atoms with Gasteiger partial charge in [0, 0.05) is 30.6 Å². The second-order valence-electron chi connectivity index (χ2n) is 8.31. The molecular formula is C24H27F2N3O2. The summed E-state index contributed by atoms with van der Waals surface area (Å²) in [4.78, 5) is 27.0. The molecule has 1 saturated heterocycles. The molecule has 0 spiro atoms. The Bertz CT molecular complexity index is 913. The summed E-state index contributed by atoms with van der Waals surface area (Å²) in [5.41, 5.74) is 1.47. The van der Waals surface area contributed by atoms with Crippen LogP contribution in [0.15, 0.2) is 48.5 Å². The molecule has 2 aromatic carbocycles. The first-order valence-electron chi connectivity index (χ1n) is 10.9. The van der Waals surface area contributed by atoms with E-state index < -0.39 is 11.9 Å². The van der Waals surface area contributed by atoms with Crippen LogP contribution in [0.2, 0.25) is 0 Å². The van der Waals surface area contributed by atoms with E-state index in [0.29, 0.717) is 23.9 Å². The van der Waals surface area contributed by atoms with Gasteiger partial charge in [0.25, 0.3) is 5.91 Å². The van der Waals surface area contributed by atoms with Gasteiger partial charge in [0.05, 0.1) is 0 Å². The van der Waals surface area contributed by atoms with Gasteiger partial charge in [-0.1, -0.05) is 12.1 Å². The highest BCUT2D eigenvalue weighted by atomic mass is 19.1. The second-order valence-corrected chi connectivity index (χ2v) is 8.31. The zero-order chi connectivity index (χ0) is 21.8. The van der Waals surface area contributed by atoms with Crippen molar-refractivity contribution in [2.24, 2.45) is 0 Å². The summed E-state index contributed by atoms with van der Waals surface area (Å²) in [6.45, 7) is 2.18. The van der Waals surface area contributed by atoms with Crippen molar-refractivity contribution in [1.29, 1.82) is 0 Å². The fourth-order valence-corrected chi connectivity index (χ4v) is 3.95. The van der Waals surface area contributed by atoms with Crippen LogP contribution in [0.25, 0.3) is 0 Å². The third-order valence-corrected chi connectivity index (χ3v) is 6.04. The zero-order valence-corrected chi connectivity index (χ0v) is 17.3. The number of amides is 2. The zero-order valence-electron chi connectivity index (χ0n) is 17.3. The topological polar surface area (TPSA) is 61.4 Å². The summed E-state index contributed by atoms with van der Waals surface area (Å²) in [6.07, 6.45) is 3.27. The molecule has 5 nitrogen and oxygen atoms in total. The minimum atomic E-state index is -0.591. The van der Waals surface area contributed by atoms with Crippen LogP contribution < -0.4 is 10.6 Å². The number of halogens is 2. The van der Waals surface area contributed by atoms with Crippen LogP contribution in [-0.4, -0.2) is 48.4 Å². The average Bonchev–Trinajstić information content (AvgIpc) is 3.49. The molecule has 0 radical (unpaired) electrons. The normalized spacial score (nSPS) is 20.6. The molecule has 2 amide bonds. The van der Waals surface area contributed by atoms with Crippen molar-refractivity contribution in [3.63, 3.8) is 0 Å². The number of hydrogen-bond donors (Lipinski definition) is 2. The first kappa shape index (κ1) is 21.4. The monoisotopic (exact) mass is 427 g/mol. The van der Waals surface area contributed by atoms with Gasteiger partial charge in [0.1, 0.15) is 17.7 Å². The summed E-state index contributed by atoms with van der Waals surface area (Å²) >= 11 is 0. The SMILES string of the molecule is O=C(N[C@@H](CCCNC1C[C@H]1c1ccc(F)cc1)C(=O)N1CCC1)c1ccc(F)cc1. The number of hydrogen-bond acceptors (Lipinski definition) is 3. The van der Waals surface area contributed by atoms with Gasteiger partial charge in [-0.2, -0.15) is 0 Å². The number of nitrogens with zero attached hydrogens (tertiary/aromatic N) is 1. The molecule has 1 saturated carbocycles. The molecule has 164 valence electrons. The van der Waals surface area contributed by atoms with Crippen molar-refractivity contribution in [2.45, 2.75) is 43.7 Å². The van der Waals surface area contributed by atoms with Crippen LogP contribution in [0.4, 0.5) is 8.78 Å². The fourth-order valence-electron chi connectivity index (χ4n) is 3.95. The molecule has 1 aliphatic carbocycles. The summed E-state index contributed by atoms with van der Waals surface area (Å²) in [6, 6.07) is 11.7. The Hall–Kier alpha value is -2.80. The van der Waals surface area contributed by atoms with Gasteiger partial charge < -0.3 is 15.5 Å². The van der Waals surface area contributed by atoms with E-state index in [9.17, 15) is 18.4 Å². The molecule has 2 N–H and O–H groups in total. The fraction of sp³-hybridized carbons (Fsp3) is 0.417. The molecule has 4 rings (SSSR count). The average molecular weight is 427 g/mol. The third kappa shape index (κ3) is 5.47. The van der Waals surface area contributed by atoms with E-state index in [2.05, 4.69) is 10.6 Å². The number of carbonyl (C=O) groups excluding carboxylic acids is 2. The second kappa shape index (κ2) is 9.56. The number of likely N-dealkylation sites (tertiary alicyclic amines) is 1. The molecule has 1 unspecified atom stereocenters. The Kier molecular flexibility index (Phi) is 6.61. The molecule has 2 fully saturated rings. The number of nitrogens with one attached hydrogen (secondary N) is 2. The van der Waals surface area contributed by atoms with E-state index in [4.69, 9.17) is 0 Å². The van der Waals surface area contributed by atoms with E-state index in [-0.39, 0.29) is 17.6 Å². The highest BCUT2D eigenvalue weighted by Crippen LogP contribution is 2.40. The minimum Gasteiger partial charge on any atom is -0.341 e. The van der Waals surface area contributed by atoms with Crippen LogP contribution in [0.1, 0.15) is 47.5 Å².